The number of benzene rings is 2. The molecule has 0 fully saturated rings. The van der Waals surface area contributed by atoms with Gasteiger partial charge in [-0.15, -0.1) is 0 Å². The summed E-state index contributed by atoms with van der Waals surface area (Å²) < 4.78 is 6.51. The van der Waals surface area contributed by atoms with E-state index in [-0.39, 0.29) is 5.91 Å². The maximum atomic E-state index is 12.0. The molecule has 0 radical (unpaired) electrons. The number of hydrogen-bond donors (Lipinski definition) is 1. The lowest BCUT2D eigenvalue weighted by Crippen LogP contribution is -2.30. The van der Waals surface area contributed by atoms with Crippen LogP contribution in [0, 0.1) is 11.3 Å². The van der Waals surface area contributed by atoms with Crippen molar-refractivity contribution in [2.24, 2.45) is 0 Å². The highest BCUT2D eigenvalue weighted by molar-refractivity contribution is 9.10. The first-order chi connectivity index (χ1) is 10.1. The Bertz CT molecular complexity index is 660. The van der Waals surface area contributed by atoms with E-state index in [1.807, 2.05) is 18.2 Å². The van der Waals surface area contributed by atoms with Gasteiger partial charge in [-0.05, 0) is 55.5 Å². The molecule has 21 heavy (non-hydrogen) atoms. The van der Waals surface area contributed by atoms with Crippen molar-refractivity contribution in [2.45, 2.75) is 13.0 Å². The highest BCUT2D eigenvalue weighted by atomic mass is 79.9. The third kappa shape index (κ3) is 4.33. The topological polar surface area (TPSA) is 62.1 Å². The van der Waals surface area contributed by atoms with Crippen molar-refractivity contribution < 1.29 is 9.53 Å². The zero-order valence-electron chi connectivity index (χ0n) is 11.3. The summed E-state index contributed by atoms with van der Waals surface area (Å²) in [4.78, 5) is 12.0. The van der Waals surface area contributed by atoms with E-state index in [1.165, 1.54) is 0 Å². The lowest BCUT2D eigenvalue weighted by Gasteiger charge is -2.14. The van der Waals surface area contributed by atoms with Gasteiger partial charge in [-0.2, -0.15) is 5.26 Å². The molecule has 1 atom stereocenters. The third-order valence-corrected chi connectivity index (χ3v) is 3.31. The first kappa shape index (κ1) is 15.1. The van der Waals surface area contributed by atoms with E-state index in [1.54, 1.807) is 43.3 Å². The molecule has 0 aliphatic heterocycles. The van der Waals surface area contributed by atoms with Gasteiger partial charge in [0.25, 0.3) is 5.91 Å². The van der Waals surface area contributed by atoms with Gasteiger partial charge in [-0.1, -0.05) is 15.9 Å². The molecule has 106 valence electrons. The molecular weight excluding hydrogens is 332 g/mol. The molecule has 0 unspecified atom stereocenters. The molecule has 1 amide bonds. The van der Waals surface area contributed by atoms with Gasteiger partial charge in [0.1, 0.15) is 5.75 Å². The van der Waals surface area contributed by atoms with Gasteiger partial charge in [0.05, 0.1) is 11.6 Å². The molecule has 0 heterocycles. The molecule has 0 aliphatic rings. The van der Waals surface area contributed by atoms with Crippen molar-refractivity contribution in [1.29, 1.82) is 5.26 Å². The number of hydrogen-bond acceptors (Lipinski definition) is 3. The Morgan fingerprint density at radius 3 is 2.38 bits per heavy atom. The summed E-state index contributed by atoms with van der Waals surface area (Å²) >= 11 is 3.34. The summed E-state index contributed by atoms with van der Waals surface area (Å²) in [6.45, 7) is 1.68. The summed E-state index contributed by atoms with van der Waals surface area (Å²) in [5, 5.41) is 11.5. The normalized spacial score (nSPS) is 11.3. The predicted octanol–water partition coefficient (Wildman–Crippen LogP) is 3.73. The van der Waals surface area contributed by atoms with Crippen molar-refractivity contribution >= 4 is 27.5 Å². The molecule has 0 aliphatic carbocycles. The van der Waals surface area contributed by atoms with Crippen LogP contribution in [0.1, 0.15) is 12.5 Å². The second-order valence-corrected chi connectivity index (χ2v) is 5.31. The smallest absolute Gasteiger partial charge is 0.265 e. The first-order valence-electron chi connectivity index (χ1n) is 6.32. The molecule has 0 saturated heterocycles. The monoisotopic (exact) mass is 344 g/mol. The minimum Gasteiger partial charge on any atom is -0.481 e. The number of anilines is 1. The van der Waals surface area contributed by atoms with Crippen molar-refractivity contribution in [1.82, 2.24) is 0 Å². The van der Waals surface area contributed by atoms with E-state index in [4.69, 9.17) is 10.00 Å². The molecular formula is C16H13BrN2O2. The fraction of sp³-hybridized carbons (Fsp3) is 0.125. The molecule has 0 aromatic heterocycles. The van der Waals surface area contributed by atoms with Gasteiger partial charge in [-0.3, -0.25) is 4.79 Å². The number of carbonyl (C=O) groups is 1. The van der Waals surface area contributed by atoms with Crippen LogP contribution >= 0.6 is 15.9 Å². The van der Waals surface area contributed by atoms with E-state index < -0.39 is 6.10 Å². The summed E-state index contributed by atoms with van der Waals surface area (Å²) in [6.07, 6.45) is -0.623. The fourth-order valence-corrected chi connectivity index (χ4v) is 1.91. The van der Waals surface area contributed by atoms with Crippen LogP contribution in [0.5, 0.6) is 5.75 Å². The molecule has 0 spiro atoms. The minimum atomic E-state index is -0.623. The van der Waals surface area contributed by atoms with Crippen LogP contribution < -0.4 is 10.1 Å². The molecule has 0 saturated carbocycles. The van der Waals surface area contributed by atoms with E-state index >= 15 is 0 Å². The molecule has 2 aromatic carbocycles. The van der Waals surface area contributed by atoms with Gasteiger partial charge >= 0.3 is 0 Å². The third-order valence-electron chi connectivity index (χ3n) is 2.78. The average molecular weight is 345 g/mol. The van der Waals surface area contributed by atoms with Crippen LogP contribution in [-0.2, 0) is 4.79 Å². The molecule has 4 nitrogen and oxygen atoms in total. The Kier molecular flexibility index (Phi) is 4.96. The molecule has 2 aromatic rings. The molecule has 2 rings (SSSR count). The number of rotatable bonds is 4. The Balaban J connectivity index is 1.95. The van der Waals surface area contributed by atoms with Gasteiger partial charge in [-0.25, -0.2) is 0 Å². The number of nitrogens with zero attached hydrogens (tertiary/aromatic N) is 1. The summed E-state index contributed by atoms with van der Waals surface area (Å²) in [5.74, 6) is 0.378. The van der Waals surface area contributed by atoms with Crippen LogP contribution in [0.15, 0.2) is 53.0 Å². The highest BCUT2D eigenvalue weighted by Crippen LogP contribution is 2.18. The number of amides is 1. The van der Waals surface area contributed by atoms with Crippen molar-refractivity contribution in [3.63, 3.8) is 0 Å². The Morgan fingerprint density at radius 2 is 1.81 bits per heavy atom. The SMILES string of the molecule is C[C@H](Oc1ccc(Br)cc1)C(=O)Nc1ccc(C#N)cc1. The van der Waals surface area contributed by atoms with Crippen molar-refractivity contribution in [3.8, 4) is 11.8 Å². The van der Waals surface area contributed by atoms with E-state index in [2.05, 4.69) is 21.2 Å². The second kappa shape index (κ2) is 6.91. The summed E-state index contributed by atoms with van der Waals surface area (Å²) in [7, 11) is 0. The number of ether oxygens (including phenoxy) is 1. The Hall–Kier alpha value is -2.32. The Morgan fingerprint density at radius 1 is 1.19 bits per heavy atom. The maximum Gasteiger partial charge on any atom is 0.265 e. The zero-order valence-corrected chi connectivity index (χ0v) is 12.9. The van der Waals surface area contributed by atoms with Crippen LogP contribution in [0.4, 0.5) is 5.69 Å². The van der Waals surface area contributed by atoms with Crippen LogP contribution in [0.2, 0.25) is 0 Å². The minimum absolute atomic E-state index is 0.248. The maximum absolute atomic E-state index is 12.0. The standard InChI is InChI=1S/C16H13BrN2O2/c1-11(21-15-8-4-13(17)5-9-15)16(20)19-14-6-2-12(10-18)3-7-14/h2-9,11H,1H3,(H,19,20)/t11-/m0/s1. The lowest BCUT2D eigenvalue weighted by molar-refractivity contribution is -0.122. The van der Waals surface area contributed by atoms with E-state index in [0.29, 0.717) is 17.0 Å². The Labute approximate surface area is 131 Å². The molecule has 5 heteroatoms. The number of carbonyl (C=O) groups excluding carboxylic acids is 1. The number of nitriles is 1. The predicted molar refractivity (Wildman–Crippen MR) is 84.0 cm³/mol. The first-order valence-corrected chi connectivity index (χ1v) is 7.11. The highest BCUT2D eigenvalue weighted by Gasteiger charge is 2.14. The van der Waals surface area contributed by atoms with Gasteiger partial charge in [0, 0.05) is 10.2 Å². The quantitative estimate of drug-likeness (QED) is 0.919. The van der Waals surface area contributed by atoms with Crippen molar-refractivity contribution in [2.75, 3.05) is 5.32 Å². The summed E-state index contributed by atoms with van der Waals surface area (Å²) in [6, 6.07) is 16.0. The van der Waals surface area contributed by atoms with E-state index in [9.17, 15) is 4.79 Å². The fourth-order valence-electron chi connectivity index (χ4n) is 1.64. The van der Waals surface area contributed by atoms with Gasteiger partial charge in [0.2, 0.25) is 0 Å². The van der Waals surface area contributed by atoms with Crippen LogP contribution in [0.3, 0.4) is 0 Å². The van der Waals surface area contributed by atoms with Gasteiger partial charge < -0.3 is 10.1 Å². The van der Waals surface area contributed by atoms with Crippen molar-refractivity contribution in [3.05, 3.63) is 58.6 Å². The second-order valence-electron chi connectivity index (χ2n) is 4.39. The largest absolute Gasteiger partial charge is 0.481 e. The summed E-state index contributed by atoms with van der Waals surface area (Å²) in [5.41, 5.74) is 1.18. The van der Waals surface area contributed by atoms with Crippen LogP contribution in [0.25, 0.3) is 0 Å². The average Bonchev–Trinajstić information content (AvgIpc) is 2.50. The zero-order chi connectivity index (χ0) is 15.2. The van der Waals surface area contributed by atoms with Crippen LogP contribution in [-0.4, -0.2) is 12.0 Å². The molecule has 0 bridgehead atoms. The van der Waals surface area contributed by atoms with E-state index in [0.717, 1.165) is 4.47 Å². The number of halogens is 1. The number of nitrogens with one attached hydrogen (secondary N) is 1. The lowest BCUT2D eigenvalue weighted by atomic mass is 10.2. The molecule has 1 N–H and O–H groups in total. The van der Waals surface area contributed by atoms with Gasteiger partial charge in [0.15, 0.2) is 6.10 Å².